The van der Waals surface area contributed by atoms with Gasteiger partial charge in [-0.15, -0.1) is 0 Å². The number of ether oxygens (including phenoxy) is 2. The molecule has 3 rings (SSSR count). The smallest absolute Gasteiger partial charge is 0.0844 e. The van der Waals surface area contributed by atoms with Gasteiger partial charge in [0.2, 0.25) is 0 Å². The van der Waals surface area contributed by atoms with E-state index in [4.69, 9.17) is 9.47 Å². The molecule has 2 saturated heterocycles. The molecular formula is C11H18O2. The quantitative estimate of drug-likeness (QED) is 0.578. The molecule has 13 heavy (non-hydrogen) atoms. The van der Waals surface area contributed by atoms with Crippen molar-refractivity contribution < 1.29 is 9.47 Å². The highest BCUT2D eigenvalue weighted by Crippen LogP contribution is 2.43. The summed E-state index contributed by atoms with van der Waals surface area (Å²) in [5.41, 5.74) is 0. The van der Waals surface area contributed by atoms with Gasteiger partial charge in [0.1, 0.15) is 0 Å². The van der Waals surface area contributed by atoms with Crippen molar-refractivity contribution in [2.75, 3.05) is 13.2 Å². The maximum absolute atomic E-state index is 5.56. The highest BCUT2D eigenvalue weighted by Gasteiger charge is 2.45. The molecule has 2 heterocycles. The van der Waals surface area contributed by atoms with Crippen LogP contribution in [0.4, 0.5) is 0 Å². The monoisotopic (exact) mass is 182 g/mol. The van der Waals surface area contributed by atoms with Crippen molar-refractivity contribution in [1.82, 2.24) is 0 Å². The summed E-state index contributed by atoms with van der Waals surface area (Å²) in [7, 11) is 0. The molecule has 1 aliphatic carbocycles. The van der Waals surface area contributed by atoms with Crippen LogP contribution in [0.1, 0.15) is 32.1 Å². The Kier molecular flexibility index (Phi) is 2.06. The first kappa shape index (κ1) is 8.25. The molecule has 1 saturated carbocycles. The van der Waals surface area contributed by atoms with Crippen LogP contribution in [0.5, 0.6) is 0 Å². The average molecular weight is 182 g/mol. The van der Waals surface area contributed by atoms with Gasteiger partial charge in [-0.1, -0.05) is 0 Å². The predicted octanol–water partition coefficient (Wildman–Crippen LogP) is 1.98. The predicted molar refractivity (Wildman–Crippen MR) is 49.5 cm³/mol. The fraction of sp³-hybridized carbons (Fsp3) is 1.00. The Hall–Kier alpha value is -0.0800. The molecule has 4 unspecified atom stereocenters. The Balaban J connectivity index is 1.57. The number of hydrogen-bond donors (Lipinski definition) is 0. The van der Waals surface area contributed by atoms with Crippen LogP contribution in [0.25, 0.3) is 0 Å². The molecule has 0 aromatic heterocycles. The van der Waals surface area contributed by atoms with Gasteiger partial charge in [0, 0.05) is 13.2 Å². The third-order valence-electron chi connectivity index (χ3n) is 3.91. The summed E-state index contributed by atoms with van der Waals surface area (Å²) in [5.74, 6) is 1.75. The number of rotatable bonds is 1. The molecule has 4 atom stereocenters. The lowest BCUT2D eigenvalue weighted by atomic mass is 9.78. The summed E-state index contributed by atoms with van der Waals surface area (Å²) >= 11 is 0. The van der Waals surface area contributed by atoms with Crippen LogP contribution >= 0.6 is 0 Å². The third-order valence-corrected chi connectivity index (χ3v) is 3.91. The van der Waals surface area contributed by atoms with E-state index in [9.17, 15) is 0 Å². The second kappa shape index (κ2) is 3.25. The lowest BCUT2D eigenvalue weighted by molar-refractivity contribution is 0.0239. The fourth-order valence-electron chi connectivity index (χ4n) is 3.00. The van der Waals surface area contributed by atoms with E-state index in [0.717, 1.165) is 25.0 Å². The molecule has 3 aliphatic rings. The van der Waals surface area contributed by atoms with E-state index in [0.29, 0.717) is 12.2 Å². The Labute approximate surface area is 79.6 Å². The zero-order valence-corrected chi connectivity index (χ0v) is 8.08. The Morgan fingerprint density at radius 3 is 2.69 bits per heavy atom. The zero-order valence-electron chi connectivity index (χ0n) is 8.08. The van der Waals surface area contributed by atoms with Gasteiger partial charge in [0.05, 0.1) is 12.2 Å². The Morgan fingerprint density at radius 2 is 1.92 bits per heavy atom. The molecule has 74 valence electrons. The third kappa shape index (κ3) is 1.62. The van der Waals surface area contributed by atoms with E-state index in [1.807, 2.05) is 0 Å². The van der Waals surface area contributed by atoms with E-state index in [-0.39, 0.29) is 0 Å². The van der Waals surface area contributed by atoms with Crippen molar-refractivity contribution in [3.8, 4) is 0 Å². The molecule has 0 spiro atoms. The highest BCUT2D eigenvalue weighted by molar-refractivity contribution is 4.93. The van der Waals surface area contributed by atoms with Crippen molar-refractivity contribution in [2.24, 2.45) is 11.8 Å². The minimum Gasteiger partial charge on any atom is -0.381 e. The summed E-state index contributed by atoms with van der Waals surface area (Å²) in [6, 6.07) is 0. The van der Waals surface area contributed by atoms with Crippen LogP contribution in [0.15, 0.2) is 0 Å². The van der Waals surface area contributed by atoms with Crippen molar-refractivity contribution in [3.05, 3.63) is 0 Å². The summed E-state index contributed by atoms with van der Waals surface area (Å²) in [5, 5.41) is 0. The molecule has 0 bridgehead atoms. The van der Waals surface area contributed by atoms with Crippen LogP contribution in [-0.4, -0.2) is 25.4 Å². The van der Waals surface area contributed by atoms with E-state index in [1.54, 1.807) is 0 Å². The van der Waals surface area contributed by atoms with Crippen LogP contribution in [0.3, 0.4) is 0 Å². The molecule has 0 radical (unpaired) electrons. The van der Waals surface area contributed by atoms with E-state index < -0.39 is 0 Å². The van der Waals surface area contributed by atoms with Crippen LogP contribution in [-0.2, 0) is 9.47 Å². The zero-order chi connectivity index (χ0) is 8.67. The fourth-order valence-corrected chi connectivity index (χ4v) is 3.00. The van der Waals surface area contributed by atoms with Crippen molar-refractivity contribution in [3.63, 3.8) is 0 Å². The minimum absolute atomic E-state index is 0.640. The second-order valence-corrected chi connectivity index (χ2v) is 4.76. The van der Waals surface area contributed by atoms with Crippen molar-refractivity contribution in [2.45, 2.75) is 44.3 Å². The first-order valence-corrected chi connectivity index (χ1v) is 5.66. The second-order valence-electron chi connectivity index (χ2n) is 4.76. The van der Waals surface area contributed by atoms with E-state index in [1.165, 1.54) is 32.1 Å². The van der Waals surface area contributed by atoms with Crippen LogP contribution < -0.4 is 0 Å². The SMILES string of the molecule is C1COCC(C2CCC3OC3C2)C1. The van der Waals surface area contributed by atoms with Crippen molar-refractivity contribution in [1.29, 1.82) is 0 Å². The molecular weight excluding hydrogens is 164 g/mol. The molecule has 0 amide bonds. The molecule has 2 heteroatoms. The number of epoxide rings is 1. The Morgan fingerprint density at radius 1 is 0.923 bits per heavy atom. The molecule has 2 nitrogen and oxygen atoms in total. The molecule has 0 N–H and O–H groups in total. The molecule has 2 aliphatic heterocycles. The molecule has 0 aromatic rings. The van der Waals surface area contributed by atoms with Crippen LogP contribution in [0, 0.1) is 11.8 Å². The van der Waals surface area contributed by atoms with Gasteiger partial charge in [0.25, 0.3) is 0 Å². The summed E-state index contributed by atoms with van der Waals surface area (Å²) in [4.78, 5) is 0. The number of hydrogen-bond acceptors (Lipinski definition) is 2. The van der Waals surface area contributed by atoms with Gasteiger partial charge >= 0.3 is 0 Å². The maximum atomic E-state index is 5.56. The van der Waals surface area contributed by atoms with E-state index >= 15 is 0 Å². The maximum Gasteiger partial charge on any atom is 0.0844 e. The largest absolute Gasteiger partial charge is 0.381 e. The normalized spacial score (nSPS) is 49.8. The summed E-state index contributed by atoms with van der Waals surface area (Å²) < 4.78 is 11.1. The average Bonchev–Trinajstić information content (AvgIpc) is 2.96. The van der Waals surface area contributed by atoms with Gasteiger partial charge < -0.3 is 9.47 Å². The first-order chi connectivity index (χ1) is 6.43. The molecule has 0 aromatic carbocycles. The lowest BCUT2D eigenvalue weighted by Crippen LogP contribution is -2.28. The van der Waals surface area contributed by atoms with E-state index in [2.05, 4.69) is 0 Å². The summed E-state index contributed by atoms with van der Waals surface area (Å²) in [6.07, 6.45) is 7.97. The molecule has 3 fully saturated rings. The highest BCUT2D eigenvalue weighted by atomic mass is 16.6. The van der Waals surface area contributed by atoms with Gasteiger partial charge in [0.15, 0.2) is 0 Å². The van der Waals surface area contributed by atoms with Gasteiger partial charge in [-0.05, 0) is 43.9 Å². The summed E-state index contributed by atoms with van der Waals surface area (Å²) in [6.45, 7) is 2.01. The van der Waals surface area contributed by atoms with Gasteiger partial charge in [-0.2, -0.15) is 0 Å². The Bertz CT molecular complexity index is 187. The minimum atomic E-state index is 0.640. The lowest BCUT2D eigenvalue weighted by Gasteiger charge is -2.31. The van der Waals surface area contributed by atoms with Gasteiger partial charge in [-0.3, -0.25) is 0 Å². The van der Waals surface area contributed by atoms with Crippen molar-refractivity contribution >= 4 is 0 Å². The first-order valence-electron chi connectivity index (χ1n) is 5.66. The topological polar surface area (TPSA) is 21.8 Å². The standard InChI is InChI=1S/C11H18O2/c1-2-9(7-12-5-1)8-3-4-10-11(6-8)13-10/h8-11H,1-7H2. The van der Waals surface area contributed by atoms with Gasteiger partial charge in [-0.25, -0.2) is 0 Å². The number of fused-ring (bicyclic) bond motifs is 1. The van der Waals surface area contributed by atoms with Crippen LogP contribution in [0.2, 0.25) is 0 Å².